The second-order valence-corrected chi connectivity index (χ2v) is 7.53. The van der Waals surface area contributed by atoms with Crippen LogP contribution in [0, 0.1) is 5.92 Å². The molecule has 6 nitrogen and oxygen atoms in total. The van der Waals surface area contributed by atoms with Gasteiger partial charge in [0.1, 0.15) is 5.82 Å². The first-order valence-electron chi connectivity index (χ1n) is 9.26. The highest BCUT2D eigenvalue weighted by Crippen LogP contribution is 2.36. The number of carbonyl (C=O) groups is 1. The molecule has 31 heavy (non-hydrogen) atoms. The van der Waals surface area contributed by atoms with E-state index < -0.39 is 17.3 Å². The quantitative estimate of drug-likeness (QED) is 0.601. The summed E-state index contributed by atoms with van der Waals surface area (Å²) in [5, 5.41) is 3.02. The first-order valence-corrected chi connectivity index (χ1v) is 9.64. The number of amides is 1. The fourth-order valence-corrected chi connectivity index (χ4v) is 2.89. The number of aromatic amines is 1. The van der Waals surface area contributed by atoms with E-state index in [1.807, 2.05) is 0 Å². The summed E-state index contributed by atoms with van der Waals surface area (Å²) in [4.78, 5) is 34.6. The molecule has 0 bridgehead atoms. The van der Waals surface area contributed by atoms with Crippen molar-refractivity contribution in [2.75, 3.05) is 0 Å². The SMILES string of the molecule is CC(C)C(=O)NCc1ccc(C(F)(F)F)c(-c2nc(-c3ccc(Cl)cn3)cc(=O)[nH]2)c1. The number of nitrogens with one attached hydrogen (secondary N) is 2. The van der Waals surface area contributed by atoms with E-state index in [-0.39, 0.29) is 41.1 Å². The number of nitrogens with zero attached hydrogens (tertiary/aromatic N) is 2. The average Bonchev–Trinajstić information content (AvgIpc) is 2.71. The molecule has 0 aliphatic heterocycles. The van der Waals surface area contributed by atoms with E-state index in [1.165, 1.54) is 30.5 Å². The van der Waals surface area contributed by atoms with Gasteiger partial charge in [-0.25, -0.2) is 4.98 Å². The van der Waals surface area contributed by atoms with Crippen molar-refractivity contribution < 1.29 is 18.0 Å². The first-order chi connectivity index (χ1) is 14.5. The predicted octanol–water partition coefficient (Wildman–Crippen LogP) is 4.44. The number of halogens is 4. The summed E-state index contributed by atoms with van der Waals surface area (Å²) in [5.41, 5.74) is -1.10. The topological polar surface area (TPSA) is 87.7 Å². The summed E-state index contributed by atoms with van der Waals surface area (Å²) >= 11 is 5.81. The number of pyridine rings is 1. The van der Waals surface area contributed by atoms with E-state index in [9.17, 15) is 22.8 Å². The zero-order valence-electron chi connectivity index (χ0n) is 16.5. The fourth-order valence-electron chi connectivity index (χ4n) is 2.78. The number of benzene rings is 1. The zero-order chi connectivity index (χ0) is 22.8. The maximum Gasteiger partial charge on any atom is 0.417 e. The molecule has 0 fully saturated rings. The lowest BCUT2D eigenvalue weighted by Crippen LogP contribution is -2.27. The van der Waals surface area contributed by atoms with Gasteiger partial charge in [0.25, 0.3) is 5.56 Å². The van der Waals surface area contributed by atoms with Crippen LogP contribution in [0.5, 0.6) is 0 Å². The van der Waals surface area contributed by atoms with Crippen molar-refractivity contribution in [1.29, 1.82) is 0 Å². The highest BCUT2D eigenvalue weighted by Gasteiger charge is 2.34. The van der Waals surface area contributed by atoms with E-state index in [0.717, 1.165) is 12.1 Å². The summed E-state index contributed by atoms with van der Waals surface area (Å²) in [6.07, 6.45) is -3.33. The van der Waals surface area contributed by atoms with Crippen molar-refractivity contribution in [2.24, 2.45) is 5.92 Å². The second kappa shape index (κ2) is 8.89. The van der Waals surface area contributed by atoms with E-state index >= 15 is 0 Å². The minimum absolute atomic E-state index is 0.0326. The summed E-state index contributed by atoms with van der Waals surface area (Å²) in [5.74, 6) is -0.761. The maximum atomic E-state index is 13.6. The molecule has 2 heterocycles. The third kappa shape index (κ3) is 5.49. The number of alkyl halides is 3. The van der Waals surface area contributed by atoms with Gasteiger partial charge in [-0.1, -0.05) is 31.5 Å². The Kier molecular flexibility index (Phi) is 6.45. The lowest BCUT2D eigenvalue weighted by Gasteiger charge is -2.15. The molecule has 0 saturated heterocycles. The molecular weight excluding hydrogens is 433 g/mol. The Labute approximate surface area is 180 Å². The molecule has 1 amide bonds. The van der Waals surface area contributed by atoms with Crippen LogP contribution in [0.1, 0.15) is 25.0 Å². The molecule has 162 valence electrons. The van der Waals surface area contributed by atoms with Crippen LogP contribution < -0.4 is 10.9 Å². The minimum atomic E-state index is -4.68. The lowest BCUT2D eigenvalue weighted by atomic mass is 10.0. The monoisotopic (exact) mass is 450 g/mol. The van der Waals surface area contributed by atoms with E-state index in [4.69, 9.17) is 11.6 Å². The van der Waals surface area contributed by atoms with Crippen molar-refractivity contribution in [1.82, 2.24) is 20.3 Å². The fraction of sp³-hybridized carbons (Fsp3) is 0.238. The van der Waals surface area contributed by atoms with Crippen LogP contribution in [0.25, 0.3) is 22.8 Å². The van der Waals surface area contributed by atoms with Crippen molar-refractivity contribution in [3.05, 3.63) is 69.1 Å². The highest BCUT2D eigenvalue weighted by molar-refractivity contribution is 6.30. The first kappa shape index (κ1) is 22.5. The molecule has 0 saturated carbocycles. The molecule has 0 spiro atoms. The summed E-state index contributed by atoms with van der Waals surface area (Å²) < 4.78 is 40.9. The van der Waals surface area contributed by atoms with E-state index in [2.05, 4.69) is 20.3 Å². The number of H-pyrrole nitrogens is 1. The number of carbonyl (C=O) groups excluding carboxylic acids is 1. The van der Waals surface area contributed by atoms with E-state index in [1.54, 1.807) is 13.8 Å². The molecule has 2 aromatic heterocycles. The summed E-state index contributed by atoms with van der Waals surface area (Å²) in [6.45, 7) is 3.45. The van der Waals surface area contributed by atoms with Gasteiger partial charge in [-0.2, -0.15) is 13.2 Å². The van der Waals surface area contributed by atoms with Gasteiger partial charge >= 0.3 is 6.18 Å². The smallest absolute Gasteiger partial charge is 0.352 e. The van der Waals surface area contributed by atoms with Gasteiger partial charge in [-0.3, -0.25) is 14.6 Å². The Morgan fingerprint density at radius 3 is 2.52 bits per heavy atom. The Bertz CT molecular complexity index is 1160. The van der Waals surface area contributed by atoms with Crippen LogP contribution in [0.3, 0.4) is 0 Å². The normalized spacial score (nSPS) is 11.6. The number of hydrogen-bond acceptors (Lipinski definition) is 4. The second-order valence-electron chi connectivity index (χ2n) is 7.09. The predicted molar refractivity (Wildman–Crippen MR) is 110 cm³/mol. The number of rotatable bonds is 5. The van der Waals surface area contributed by atoms with Crippen LogP contribution in [0.15, 0.2) is 47.4 Å². The van der Waals surface area contributed by atoms with Gasteiger partial charge in [0, 0.05) is 30.3 Å². The minimum Gasteiger partial charge on any atom is -0.352 e. The molecule has 10 heteroatoms. The standard InChI is InChI=1S/C21H18ClF3N4O2/c1-11(2)20(31)27-9-12-3-5-15(21(23,24)25)14(7-12)19-28-17(8-18(30)29-19)16-6-4-13(22)10-26-16/h3-8,10-11H,9H2,1-2H3,(H,27,31)(H,28,29,30). The molecule has 0 aliphatic carbocycles. The van der Waals surface area contributed by atoms with Crippen molar-refractivity contribution >= 4 is 17.5 Å². The molecule has 1 aromatic carbocycles. The van der Waals surface area contributed by atoms with E-state index in [0.29, 0.717) is 10.6 Å². The molecular formula is C21H18ClF3N4O2. The van der Waals surface area contributed by atoms with Gasteiger partial charge in [-0.15, -0.1) is 0 Å². The van der Waals surface area contributed by atoms with Crippen LogP contribution in [-0.4, -0.2) is 20.9 Å². The van der Waals surface area contributed by atoms with Gasteiger partial charge in [0.15, 0.2) is 0 Å². The Morgan fingerprint density at radius 1 is 1.16 bits per heavy atom. The molecule has 0 atom stereocenters. The summed E-state index contributed by atoms with van der Waals surface area (Å²) in [7, 11) is 0. The Morgan fingerprint density at radius 2 is 1.90 bits per heavy atom. The molecule has 2 N–H and O–H groups in total. The lowest BCUT2D eigenvalue weighted by molar-refractivity contribution is -0.137. The summed E-state index contributed by atoms with van der Waals surface area (Å²) in [6, 6.07) is 7.61. The largest absolute Gasteiger partial charge is 0.417 e. The molecule has 3 rings (SSSR count). The third-order valence-electron chi connectivity index (χ3n) is 4.37. The van der Waals surface area contributed by atoms with Crippen molar-refractivity contribution in [3.8, 4) is 22.8 Å². The Balaban J connectivity index is 2.09. The van der Waals surface area contributed by atoms with Crippen LogP contribution >= 0.6 is 11.6 Å². The Hall–Kier alpha value is -3.20. The highest BCUT2D eigenvalue weighted by atomic mass is 35.5. The van der Waals surface area contributed by atoms with Crippen LogP contribution in [0.4, 0.5) is 13.2 Å². The van der Waals surface area contributed by atoms with Crippen LogP contribution in [0.2, 0.25) is 5.02 Å². The van der Waals surface area contributed by atoms with Crippen molar-refractivity contribution in [3.63, 3.8) is 0 Å². The van der Waals surface area contributed by atoms with Crippen LogP contribution in [-0.2, 0) is 17.5 Å². The molecule has 0 unspecified atom stereocenters. The van der Waals surface area contributed by atoms with Gasteiger partial charge in [0.05, 0.1) is 22.0 Å². The number of aromatic nitrogens is 3. The molecule has 0 radical (unpaired) electrons. The van der Waals surface area contributed by atoms with Gasteiger partial charge in [-0.05, 0) is 29.8 Å². The maximum absolute atomic E-state index is 13.6. The van der Waals surface area contributed by atoms with Crippen molar-refractivity contribution in [2.45, 2.75) is 26.6 Å². The molecule has 0 aliphatic rings. The van der Waals surface area contributed by atoms with Gasteiger partial charge in [0.2, 0.25) is 5.91 Å². The average molecular weight is 451 g/mol. The molecule has 3 aromatic rings. The van der Waals surface area contributed by atoms with Gasteiger partial charge < -0.3 is 10.3 Å². The zero-order valence-corrected chi connectivity index (χ0v) is 17.3. The third-order valence-corrected chi connectivity index (χ3v) is 4.59. The number of hydrogen-bond donors (Lipinski definition) is 2.